The van der Waals surface area contributed by atoms with Gasteiger partial charge in [-0.3, -0.25) is 9.59 Å². The maximum absolute atomic E-state index is 14.6. The number of rotatable bonds is 1. The fourth-order valence-electron chi connectivity index (χ4n) is 11.5. The van der Waals surface area contributed by atoms with Crippen LogP contribution in [0.3, 0.4) is 0 Å². The van der Waals surface area contributed by atoms with Crippen LogP contribution in [0.15, 0.2) is 22.4 Å². The van der Waals surface area contributed by atoms with E-state index in [0.717, 1.165) is 57.1 Å². The lowest BCUT2D eigenvalue weighted by atomic mass is 9.31. The number of hydrogen-bond donors (Lipinski definition) is 0. The van der Waals surface area contributed by atoms with E-state index >= 15 is 0 Å². The van der Waals surface area contributed by atoms with Gasteiger partial charge in [0.1, 0.15) is 5.76 Å². The number of nitrogens with zero attached hydrogens (tertiary/aromatic N) is 1. The van der Waals surface area contributed by atoms with Gasteiger partial charge in [-0.1, -0.05) is 59.2 Å². The molecule has 5 aliphatic carbocycles. The molecule has 1 heterocycles. The SMILES string of the molecule is COC(=O)C1(C)CCC2(C)CCC3(C)C(=CC(=O)C4C5(C)Cc6cnoc6C(C)(C)C5CCC43C)C2(C)C1. The van der Waals surface area contributed by atoms with Gasteiger partial charge >= 0.3 is 5.97 Å². The van der Waals surface area contributed by atoms with E-state index in [1.807, 2.05) is 6.20 Å². The van der Waals surface area contributed by atoms with E-state index in [-0.39, 0.29) is 44.4 Å². The van der Waals surface area contributed by atoms with Crippen LogP contribution in [-0.4, -0.2) is 24.0 Å². The van der Waals surface area contributed by atoms with Crippen molar-refractivity contribution in [1.82, 2.24) is 5.16 Å². The average molecular weight is 522 g/mol. The number of fused-ring (bicyclic) bond motifs is 8. The lowest BCUT2D eigenvalue weighted by Gasteiger charge is -2.72. The Kier molecular flexibility index (Phi) is 5.15. The predicted octanol–water partition coefficient (Wildman–Crippen LogP) is 7.23. The summed E-state index contributed by atoms with van der Waals surface area (Å²) >= 11 is 0. The number of ketones is 1. The minimum absolute atomic E-state index is 0.0478. The number of aromatic nitrogens is 1. The fraction of sp³-hybridized carbons (Fsp3) is 0.788. The maximum Gasteiger partial charge on any atom is 0.311 e. The van der Waals surface area contributed by atoms with Crippen LogP contribution in [0.2, 0.25) is 0 Å². The first-order valence-electron chi connectivity index (χ1n) is 14.8. The Morgan fingerprint density at radius 1 is 0.974 bits per heavy atom. The summed E-state index contributed by atoms with van der Waals surface area (Å²) in [7, 11) is 1.51. The second kappa shape index (κ2) is 7.43. The van der Waals surface area contributed by atoms with Gasteiger partial charge in [0.05, 0.1) is 18.7 Å². The monoisotopic (exact) mass is 521 g/mol. The zero-order chi connectivity index (χ0) is 27.7. The fourth-order valence-corrected chi connectivity index (χ4v) is 11.5. The van der Waals surface area contributed by atoms with Crippen molar-refractivity contribution in [2.24, 2.45) is 44.3 Å². The molecule has 0 bridgehead atoms. The highest BCUT2D eigenvalue weighted by molar-refractivity contribution is 5.96. The summed E-state index contributed by atoms with van der Waals surface area (Å²) in [6.07, 6.45) is 11.8. The summed E-state index contributed by atoms with van der Waals surface area (Å²) < 4.78 is 11.1. The van der Waals surface area contributed by atoms with Crippen LogP contribution >= 0.6 is 0 Å². The number of allylic oxidation sites excluding steroid dienone is 2. The molecule has 1 aromatic rings. The van der Waals surface area contributed by atoms with Gasteiger partial charge < -0.3 is 9.26 Å². The lowest BCUT2D eigenvalue weighted by Crippen LogP contribution is -2.67. The molecular formula is C33H47NO4. The molecule has 5 heteroatoms. The molecule has 0 N–H and O–H groups in total. The van der Waals surface area contributed by atoms with Gasteiger partial charge in [0.15, 0.2) is 5.78 Å². The number of ether oxygens (including phenoxy) is 1. The first-order chi connectivity index (χ1) is 17.5. The quantitative estimate of drug-likeness (QED) is 0.365. The Morgan fingerprint density at radius 3 is 2.34 bits per heavy atom. The van der Waals surface area contributed by atoms with Gasteiger partial charge in [-0.2, -0.15) is 0 Å². The molecule has 0 saturated heterocycles. The van der Waals surface area contributed by atoms with Crippen LogP contribution in [0, 0.1) is 44.3 Å². The summed E-state index contributed by atoms with van der Waals surface area (Å²) in [5, 5.41) is 4.20. The van der Waals surface area contributed by atoms with Gasteiger partial charge in [-0.05, 0) is 97.4 Å². The molecule has 8 atom stereocenters. The minimum atomic E-state index is -0.523. The van der Waals surface area contributed by atoms with Crippen LogP contribution in [0.4, 0.5) is 0 Å². The van der Waals surface area contributed by atoms with Crippen LogP contribution in [0.5, 0.6) is 0 Å². The molecule has 38 heavy (non-hydrogen) atoms. The van der Waals surface area contributed by atoms with Crippen molar-refractivity contribution in [2.75, 3.05) is 7.11 Å². The Bertz CT molecular complexity index is 1260. The normalized spacial score (nSPS) is 49.0. The summed E-state index contributed by atoms with van der Waals surface area (Å²) in [6.45, 7) is 18.7. The maximum atomic E-state index is 14.6. The summed E-state index contributed by atoms with van der Waals surface area (Å²) in [5.41, 5.74) is 1.26. The molecule has 5 nitrogen and oxygen atoms in total. The smallest absolute Gasteiger partial charge is 0.311 e. The molecule has 3 fully saturated rings. The van der Waals surface area contributed by atoms with Gasteiger partial charge in [-0.15, -0.1) is 0 Å². The standard InChI is InChI=1S/C33H47NO4/c1-27(2)22-10-11-32(7)24(30(22,5)17-20-18-34-38-25(20)27)21(35)16-23-31(32,6)15-14-29(4)13-12-28(3,26(36)37-9)19-33(23,29)8/h16,18,22,24H,10-15,17,19H2,1-9H3. The number of methoxy groups -OCH3 is 1. The van der Waals surface area contributed by atoms with Crippen molar-refractivity contribution in [1.29, 1.82) is 0 Å². The van der Waals surface area contributed by atoms with E-state index in [1.54, 1.807) is 0 Å². The van der Waals surface area contributed by atoms with E-state index in [1.165, 1.54) is 18.2 Å². The zero-order valence-electron chi connectivity index (χ0n) is 25.0. The molecule has 8 unspecified atom stereocenters. The van der Waals surface area contributed by atoms with E-state index in [9.17, 15) is 9.59 Å². The molecule has 0 aliphatic heterocycles. The van der Waals surface area contributed by atoms with Crippen LogP contribution in [-0.2, 0) is 26.2 Å². The van der Waals surface area contributed by atoms with Crippen LogP contribution in [0.1, 0.15) is 112 Å². The highest BCUT2D eigenvalue weighted by Gasteiger charge is 2.72. The Morgan fingerprint density at radius 2 is 1.66 bits per heavy atom. The van der Waals surface area contributed by atoms with Gasteiger partial charge in [0.2, 0.25) is 0 Å². The summed E-state index contributed by atoms with van der Waals surface area (Å²) in [6, 6.07) is 0. The van der Waals surface area contributed by atoms with Gasteiger partial charge in [-0.25, -0.2) is 0 Å². The number of carbonyl (C=O) groups is 2. The number of hydrogen-bond acceptors (Lipinski definition) is 5. The number of carbonyl (C=O) groups excluding carboxylic acids is 2. The van der Waals surface area contributed by atoms with Crippen molar-refractivity contribution in [2.45, 2.75) is 112 Å². The molecule has 0 amide bonds. The topological polar surface area (TPSA) is 69.4 Å². The van der Waals surface area contributed by atoms with Crippen molar-refractivity contribution in [3.8, 4) is 0 Å². The van der Waals surface area contributed by atoms with Gasteiger partial charge in [0.25, 0.3) is 0 Å². The van der Waals surface area contributed by atoms with E-state index in [0.29, 0.717) is 11.7 Å². The van der Waals surface area contributed by atoms with Crippen molar-refractivity contribution in [3.05, 3.63) is 29.2 Å². The Labute approximate surface area is 228 Å². The average Bonchev–Trinajstić information content (AvgIpc) is 3.30. The van der Waals surface area contributed by atoms with Crippen LogP contribution in [0.25, 0.3) is 0 Å². The molecule has 6 rings (SSSR count). The van der Waals surface area contributed by atoms with E-state index in [4.69, 9.17) is 9.26 Å². The summed E-state index contributed by atoms with van der Waals surface area (Å²) in [5.74, 6) is 1.52. The van der Waals surface area contributed by atoms with E-state index < -0.39 is 5.41 Å². The predicted molar refractivity (Wildman–Crippen MR) is 146 cm³/mol. The molecule has 0 radical (unpaired) electrons. The first kappa shape index (κ1) is 26.3. The number of esters is 1. The van der Waals surface area contributed by atoms with Crippen LogP contribution < -0.4 is 0 Å². The highest BCUT2D eigenvalue weighted by Crippen LogP contribution is 2.77. The third-order valence-corrected chi connectivity index (χ3v) is 13.9. The molecular weight excluding hydrogens is 474 g/mol. The van der Waals surface area contributed by atoms with Gasteiger partial charge in [0, 0.05) is 16.9 Å². The Hall–Kier alpha value is -1.91. The molecule has 208 valence electrons. The second-order valence-corrected chi connectivity index (χ2v) is 15.9. The largest absolute Gasteiger partial charge is 0.469 e. The van der Waals surface area contributed by atoms with Crippen molar-refractivity contribution >= 4 is 11.8 Å². The molecule has 1 aromatic heterocycles. The molecule has 3 saturated carbocycles. The zero-order valence-corrected chi connectivity index (χ0v) is 25.0. The first-order valence-corrected chi connectivity index (χ1v) is 14.8. The summed E-state index contributed by atoms with van der Waals surface area (Å²) in [4.78, 5) is 27.6. The van der Waals surface area contributed by atoms with E-state index in [2.05, 4.69) is 66.6 Å². The molecule has 0 aromatic carbocycles. The minimum Gasteiger partial charge on any atom is -0.469 e. The Balaban J connectivity index is 1.51. The molecule has 5 aliphatic rings. The third kappa shape index (κ3) is 2.82. The third-order valence-electron chi connectivity index (χ3n) is 13.9. The van der Waals surface area contributed by atoms with Crippen molar-refractivity contribution in [3.63, 3.8) is 0 Å². The second-order valence-electron chi connectivity index (χ2n) is 15.9. The lowest BCUT2D eigenvalue weighted by molar-refractivity contribution is -0.184. The highest BCUT2D eigenvalue weighted by atomic mass is 16.5. The van der Waals surface area contributed by atoms with Crippen molar-refractivity contribution < 1.29 is 18.8 Å². The molecule has 0 spiro atoms.